The quantitative estimate of drug-likeness (QED) is 0.774. The molecule has 19 heavy (non-hydrogen) atoms. The topological polar surface area (TPSA) is 42.7 Å². The number of hydrogen-bond acceptors (Lipinski definition) is 3. The van der Waals surface area contributed by atoms with Gasteiger partial charge >= 0.3 is 0 Å². The summed E-state index contributed by atoms with van der Waals surface area (Å²) < 4.78 is 1.86. The molecule has 0 aliphatic heterocycles. The van der Waals surface area contributed by atoms with Crippen LogP contribution in [0, 0.1) is 0 Å². The summed E-state index contributed by atoms with van der Waals surface area (Å²) >= 11 is 0. The number of nitrogens with zero attached hydrogens (tertiary/aromatic N) is 3. The predicted molar refractivity (Wildman–Crippen MR) is 77.1 cm³/mol. The van der Waals surface area contributed by atoms with Crippen molar-refractivity contribution in [3.8, 4) is 0 Å². The monoisotopic (exact) mass is 258 g/mol. The van der Waals surface area contributed by atoms with Crippen LogP contribution in [-0.2, 0) is 13.5 Å². The normalized spacial score (nSPS) is 12.5. The third-order valence-corrected chi connectivity index (χ3v) is 3.32. The van der Waals surface area contributed by atoms with Crippen LogP contribution in [0.4, 0.5) is 0 Å². The first-order valence-corrected chi connectivity index (χ1v) is 6.89. The Labute approximate surface area is 114 Å². The van der Waals surface area contributed by atoms with Crippen LogP contribution in [0.25, 0.3) is 0 Å². The van der Waals surface area contributed by atoms with Gasteiger partial charge in [-0.3, -0.25) is 4.68 Å². The van der Waals surface area contributed by atoms with Crippen LogP contribution in [0.1, 0.15) is 30.7 Å². The van der Waals surface area contributed by atoms with E-state index in [-0.39, 0.29) is 0 Å². The van der Waals surface area contributed by atoms with Gasteiger partial charge in [-0.05, 0) is 18.5 Å². The second kappa shape index (κ2) is 7.04. The smallest absolute Gasteiger partial charge is 0.138 e. The van der Waals surface area contributed by atoms with Crippen molar-refractivity contribution in [2.45, 2.75) is 25.7 Å². The van der Waals surface area contributed by atoms with Crippen LogP contribution in [0.2, 0.25) is 0 Å². The van der Waals surface area contributed by atoms with Gasteiger partial charge in [0.15, 0.2) is 0 Å². The minimum Gasteiger partial charge on any atom is -0.316 e. The van der Waals surface area contributed by atoms with Crippen molar-refractivity contribution in [2.75, 3.05) is 13.1 Å². The van der Waals surface area contributed by atoms with Crippen molar-refractivity contribution in [3.63, 3.8) is 0 Å². The van der Waals surface area contributed by atoms with E-state index in [1.54, 1.807) is 6.33 Å². The summed E-state index contributed by atoms with van der Waals surface area (Å²) in [5.74, 6) is 1.47. The molecule has 1 aromatic carbocycles. The summed E-state index contributed by atoms with van der Waals surface area (Å²) in [7, 11) is 1.95. The molecule has 0 aliphatic rings. The summed E-state index contributed by atoms with van der Waals surface area (Å²) in [6.45, 7) is 4.22. The molecule has 2 rings (SSSR count). The van der Waals surface area contributed by atoms with Crippen LogP contribution in [0.15, 0.2) is 36.7 Å². The summed E-state index contributed by atoms with van der Waals surface area (Å²) in [6.07, 6.45) is 3.69. The number of benzene rings is 1. The maximum absolute atomic E-state index is 4.33. The average Bonchev–Trinajstić information content (AvgIpc) is 2.84. The van der Waals surface area contributed by atoms with E-state index in [1.165, 1.54) is 5.56 Å². The van der Waals surface area contributed by atoms with Crippen molar-refractivity contribution in [3.05, 3.63) is 48.0 Å². The lowest BCUT2D eigenvalue weighted by Crippen LogP contribution is -2.24. The first-order valence-electron chi connectivity index (χ1n) is 6.89. The number of aryl methyl sites for hydroxylation is 1. The third kappa shape index (κ3) is 3.89. The standard InChI is InChI=1S/C15H22N4/c1-3-9-16-11-14(13-7-5-4-6-8-13)10-15-17-12-18-19(15)2/h4-8,12,14,16H,3,9-11H2,1-2H3. The van der Waals surface area contributed by atoms with Gasteiger partial charge in [0.1, 0.15) is 12.2 Å². The molecular weight excluding hydrogens is 236 g/mol. The highest BCUT2D eigenvalue weighted by Crippen LogP contribution is 2.18. The largest absolute Gasteiger partial charge is 0.316 e. The summed E-state index contributed by atoms with van der Waals surface area (Å²) in [6, 6.07) is 10.6. The van der Waals surface area contributed by atoms with Crippen LogP contribution in [0.5, 0.6) is 0 Å². The molecule has 4 heteroatoms. The Hall–Kier alpha value is -1.68. The van der Waals surface area contributed by atoms with Gasteiger partial charge in [0.05, 0.1) is 0 Å². The van der Waals surface area contributed by atoms with Crippen LogP contribution < -0.4 is 5.32 Å². The van der Waals surface area contributed by atoms with Gasteiger partial charge < -0.3 is 5.32 Å². The number of rotatable bonds is 7. The lowest BCUT2D eigenvalue weighted by Gasteiger charge is -2.17. The molecule has 4 nitrogen and oxygen atoms in total. The fraction of sp³-hybridized carbons (Fsp3) is 0.467. The van der Waals surface area contributed by atoms with E-state index in [4.69, 9.17) is 0 Å². The molecule has 0 spiro atoms. The predicted octanol–water partition coefficient (Wildman–Crippen LogP) is 2.14. The zero-order valence-electron chi connectivity index (χ0n) is 11.7. The van der Waals surface area contributed by atoms with Gasteiger partial charge in [-0.15, -0.1) is 0 Å². The molecule has 0 saturated carbocycles. The Morgan fingerprint density at radius 3 is 2.68 bits per heavy atom. The molecule has 1 atom stereocenters. The van der Waals surface area contributed by atoms with E-state index in [2.05, 4.69) is 52.7 Å². The Morgan fingerprint density at radius 1 is 1.26 bits per heavy atom. The van der Waals surface area contributed by atoms with Gasteiger partial charge in [0.25, 0.3) is 0 Å². The Balaban J connectivity index is 2.08. The minimum atomic E-state index is 0.440. The van der Waals surface area contributed by atoms with E-state index in [0.717, 1.165) is 31.8 Å². The molecule has 0 saturated heterocycles. The summed E-state index contributed by atoms with van der Waals surface area (Å²) in [5, 5.41) is 7.65. The Kier molecular flexibility index (Phi) is 5.10. The Bertz CT molecular complexity index is 478. The second-order valence-electron chi connectivity index (χ2n) is 4.82. The van der Waals surface area contributed by atoms with Crippen LogP contribution in [0.3, 0.4) is 0 Å². The van der Waals surface area contributed by atoms with Crippen LogP contribution in [-0.4, -0.2) is 27.9 Å². The lowest BCUT2D eigenvalue weighted by atomic mass is 9.95. The molecule has 1 aromatic heterocycles. The molecule has 1 unspecified atom stereocenters. The first-order chi connectivity index (χ1) is 9.31. The molecule has 0 amide bonds. The third-order valence-electron chi connectivity index (χ3n) is 3.32. The van der Waals surface area contributed by atoms with Crippen molar-refractivity contribution in [1.82, 2.24) is 20.1 Å². The van der Waals surface area contributed by atoms with Crippen molar-refractivity contribution in [1.29, 1.82) is 0 Å². The summed E-state index contributed by atoms with van der Waals surface area (Å²) in [4.78, 5) is 4.33. The fourth-order valence-corrected chi connectivity index (χ4v) is 2.21. The maximum Gasteiger partial charge on any atom is 0.138 e. The summed E-state index contributed by atoms with van der Waals surface area (Å²) in [5.41, 5.74) is 1.36. The van der Waals surface area contributed by atoms with Crippen LogP contribution >= 0.6 is 0 Å². The fourth-order valence-electron chi connectivity index (χ4n) is 2.21. The minimum absolute atomic E-state index is 0.440. The maximum atomic E-state index is 4.33. The lowest BCUT2D eigenvalue weighted by molar-refractivity contribution is 0.551. The van der Waals surface area contributed by atoms with E-state index >= 15 is 0 Å². The molecule has 102 valence electrons. The zero-order valence-corrected chi connectivity index (χ0v) is 11.7. The molecule has 0 fully saturated rings. The molecule has 2 aromatic rings. The number of hydrogen-bond donors (Lipinski definition) is 1. The molecule has 0 aliphatic carbocycles. The van der Waals surface area contributed by atoms with Crippen molar-refractivity contribution >= 4 is 0 Å². The highest BCUT2D eigenvalue weighted by molar-refractivity contribution is 5.21. The van der Waals surface area contributed by atoms with Gasteiger partial charge in [-0.25, -0.2) is 4.98 Å². The second-order valence-corrected chi connectivity index (χ2v) is 4.82. The van der Waals surface area contributed by atoms with Crippen molar-refractivity contribution in [2.24, 2.45) is 7.05 Å². The Morgan fingerprint density at radius 2 is 2.05 bits per heavy atom. The number of aromatic nitrogens is 3. The van der Waals surface area contributed by atoms with Gasteiger partial charge in [-0.1, -0.05) is 37.3 Å². The first kappa shape index (κ1) is 13.7. The highest BCUT2D eigenvalue weighted by Gasteiger charge is 2.14. The SMILES string of the molecule is CCCNCC(Cc1ncnn1C)c1ccccc1. The van der Waals surface area contributed by atoms with E-state index < -0.39 is 0 Å². The van der Waals surface area contributed by atoms with Crippen molar-refractivity contribution < 1.29 is 0 Å². The molecule has 0 radical (unpaired) electrons. The highest BCUT2D eigenvalue weighted by atomic mass is 15.3. The average molecular weight is 258 g/mol. The van der Waals surface area contributed by atoms with Gasteiger partial charge in [0.2, 0.25) is 0 Å². The van der Waals surface area contributed by atoms with Gasteiger partial charge in [0, 0.05) is 25.9 Å². The van der Waals surface area contributed by atoms with E-state index in [1.807, 2.05) is 11.7 Å². The van der Waals surface area contributed by atoms with E-state index in [0.29, 0.717) is 5.92 Å². The zero-order chi connectivity index (χ0) is 13.5. The number of nitrogens with one attached hydrogen (secondary N) is 1. The van der Waals surface area contributed by atoms with E-state index in [9.17, 15) is 0 Å². The molecule has 1 heterocycles. The molecule has 1 N–H and O–H groups in total. The molecular formula is C15H22N4. The molecule has 0 bridgehead atoms. The van der Waals surface area contributed by atoms with Gasteiger partial charge in [-0.2, -0.15) is 5.10 Å².